The Hall–Kier alpha value is -1.63. The molecule has 65 heavy (non-hydrogen) atoms. The van der Waals surface area contributed by atoms with Crippen LogP contribution in [0.15, 0.2) is 0 Å². The van der Waals surface area contributed by atoms with Gasteiger partial charge in [0.25, 0.3) is 0 Å². The quantitative estimate of drug-likeness (QED) is 0.0447. The fourth-order valence-electron chi connectivity index (χ4n) is 9.47. The fourth-order valence-corrected chi connectivity index (χ4v) is 9.47. The molecule has 7 heteroatoms. The zero-order valence-electron chi connectivity index (χ0n) is 45.0. The van der Waals surface area contributed by atoms with Gasteiger partial charge in [0.05, 0.1) is 0 Å². The average molecular weight is 920 g/mol. The third kappa shape index (κ3) is 42.2. The van der Waals surface area contributed by atoms with Gasteiger partial charge in [-0.15, -0.1) is 0 Å². The molecule has 0 rings (SSSR count). The number of esters is 2. The Balaban J connectivity index is 5.04. The Labute approximate surface area is 406 Å². The van der Waals surface area contributed by atoms with Gasteiger partial charge in [-0.1, -0.05) is 202 Å². The van der Waals surface area contributed by atoms with E-state index < -0.39 is 0 Å². The fraction of sp³-hybridized carbons (Fsp3) is 0.948. The van der Waals surface area contributed by atoms with Crippen molar-refractivity contribution in [2.75, 3.05) is 27.2 Å². The average Bonchev–Trinajstić information content (AvgIpc) is 3.28. The maximum absolute atomic E-state index is 13.9. The van der Waals surface area contributed by atoms with E-state index in [0.29, 0.717) is 31.2 Å². The van der Waals surface area contributed by atoms with Crippen LogP contribution >= 0.6 is 0 Å². The van der Waals surface area contributed by atoms with E-state index in [-0.39, 0.29) is 24.1 Å². The third-order valence-electron chi connectivity index (χ3n) is 13.7. The van der Waals surface area contributed by atoms with Gasteiger partial charge in [0, 0.05) is 31.8 Å². The van der Waals surface area contributed by atoms with Crippen LogP contribution < -0.4 is 0 Å². The highest BCUT2D eigenvalue weighted by Gasteiger charge is 2.23. The van der Waals surface area contributed by atoms with Gasteiger partial charge in [0.1, 0.15) is 12.2 Å². The van der Waals surface area contributed by atoms with Crippen molar-refractivity contribution in [3.8, 4) is 0 Å². The Morgan fingerprint density at radius 2 is 0.631 bits per heavy atom. The lowest BCUT2D eigenvalue weighted by atomic mass is 9.97. The second kappa shape index (κ2) is 48.8. The predicted octanol–water partition coefficient (Wildman–Crippen LogP) is 17.4. The number of amides is 1. The van der Waals surface area contributed by atoms with Crippen LogP contribution in [0.4, 0.5) is 0 Å². The topological polar surface area (TPSA) is 76.2 Å². The molecular formula is C58H114N2O5. The summed E-state index contributed by atoms with van der Waals surface area (Å²) < 4.78 is 12.1. The number of unbranched alkanes of at least 4 members (excludes halogenated alkanes) is 26. The smallest absolute Gasteiger partial charge is 0.306 e. The van der Waals surface area contributed by atoms with Crippen molar-refractivity contribution in [3.05, 3.63) is 0 Å². The first-order valence-electron chi connectivity index (χ1n) is 29.0. The van der Waals surface area contributed by atoms with Gasteiger partial charge in [-0.3, -0.25) is 14.4 Å². The van der Waals surface area contributed by atoms with Crippen LogP contribution in [0.2, 0.25) is 0 Å². The van der Waals surface area contributed by atoms with Crippen LogP contribution in [0, 0.1) is 0 Å². The Bertz CT molecular complexity index is 954. The van der Waals surface area contributed by atoms with Gasteiger partial charge < -0.3 is 19.3 Å². The highest BCUT2D eigenvalue weighted by atomic mass is 16.5. The van der Waals surface area contributed by atoms with Crippen LogP contribution in [0.3, 0.4) is 0 Å². The summed E-state index contributed by atoms with van der Waals surface area (Å²) in [7, 11) is 4.26. The molecule has 0 spiro atoms. The molecule has 0 N–H and O–H groups in total. The van der Waals surface area contributed by atoms with E-state index in [9.17, 15) is 14.4 Å². The Morgan fingerprint density at radius 1 is 0.338 bits per heavy atom. The summed E-state index contributed by atoms with van der Waals surface area (Å²) in [6.07, 6.45) is 48.3. The molecular weight excluding hydrogens is 805 g/mol. The van der Waals surface area contributed by atoms with E-state index in [2.05, 4.69) is 58.5 Å². The lowest BCUT2D eigenvalue weighted by Crippen LogP contribution is -2.41. The van der Waals surface area contributed by atoms with E-state index in [1.165, 1.54) is 148 Å². The summed E-state index contributed by atoms with van der Waals surface area (Å²) in [5.74, 6) is 0.397. The molecule has 0 aromatic carbocycles. The molecule has 0 radical (unpaired) electrons. The molecule has 0 aliphatic carbocycles. The normalized spacial score (nSPS) is 11.7. The molecule has 0 heterocycles. The van der Waals surface area contributed by atoms with Crippen molar-refractivity contribution in [2.45, 2.75) is 329 Å². The summed E-state index contributed by atoms with van der Waals surface area (Å²) in [6, 6.07) is 0.318. The highest BCUT2D eigenvalue weighted by Crippen LogP contribution is 2.23. The van der Waals surface area contributed by atoms with Crippen LogP contribution in [-0.2, 0) is 23.9 Å². The van der Waals surface area contributed by atoms with E-state index in [4.69, 9.17) is 9.47 Å². The number of hydrogen-bond acceptors (Lipinski definition) is 6. The largest absolute Gasteiger partial charge is 0.462 e. The number of carbonyl (C=O) groups excluding carboxylic acids is 3. The molecule has 7 nitrogen and oxygen atoms in total. The number of ether oxygens (including phenoxy) is 2. The molecule has 386 valence electrons. The zero-order chi connectivity index (χ0) is 47.9. The second-order valence-corrected chi connectivity index (χ2v) is 20.5. The predicted molar refractivity (Wildman–Crippen MR) is 281 cm³/mol. The number of hydrogen-bond donors (Lipinski definition) is 0. The van der Waals surface area contributed by atoms with Crippen LogP contribution in [-0.4, -0.2) is 73.1 Å². The van der Waals surface area contributed by atoms with Crippen molar-refractivity contribution in [2.24, 2.45) is 0 Å². The molecule has 0 aliphatic heterocycles. The van der Waals surface area contributed by atoms with E-state index in [1.807, 2.05) is 0 Å². The maximum atomic E-state index is 13.9. The molecule has 0 fully saturated rings. The summed E-state index contributed by atoms with van der Waals surface area (Å²) in [5.41, 5.74) is 0. The first-order chi connectivity index (χ1) is 31.7. The van der Waals surface area contributed by atoms with Crippen molar-refractivity contribution in [1.82, 2.24) is 9.80 Å². The van der Waals surface area contributed by atoms with Gasteiger partial charge in [-0.2, -0.15) is 0 Å². The Kier molecular flexibility index (Phi) is 47.6. The van der Waals surface area contributed by atoms with Crippen molar-refractivity contribution < 1.29 is 23.9 Å². The SMILES string of the molecule is CCCCCCCC(=O)N(CCCN(C)C)C(CCCCCCCCC(=O)OC(CCCCCC)CCCCCC)CCCCCCCCC(=O)OC(CCCCCC)CCCCCC. The lowest BCUT2D eigenvalue weighted by molar-refractivity contribution is -0.151. The molecule has 1 amide bonds. The first kappa shape index (κ1) is 63.4. The molecule has 0 unspecified atom stereocenters. The molecule has 0 atom stereocenters. The van der Waals surface area contributed by atoms with E-state index in [0.717, 1.165) is 122 Å². The zero-order valence-corrected chi connectivity index (χ0v) is 45.0. The molecule has 0 aliphatic rings. The summed E-state index contributed by atoms with van der Waals surface area (Å²) >= 11 is 0. The van der Waals surface area contributed by atoms with Crippen molar-refractivity contribution >= 4 is 17.8 Å². The molecule has 0 aromatic rings. The Morgan fingerprint density at radius 3 is 0.985 bits per heavy atom. The van der Waals surface area contributed by atoms with Gasteiger partial charge in [0.15, 0.2) is 0 Å². The van der Waals surface area contributed by atoms with Crippen molar-refractivity contribution in [1.29, 1.82) is 0 Å². The molecule has 0 saturated carbocycles. The monoisotopic (exact) mass is 919 g/mol. The minimum Gasteiger partial charge on any atom is -0.462 e. The summed E-state index contributed by atoms with van der Waals surface area (Å²) in [4.78, 5) is 44.1. The maximum Gasteiger partial charge on any atom is 0.306 e. The number of rotatable bonds is 51. The first-order valence-corrected chi connectivity index (χ1v) is 29.0. The minimum absolute atomic E-state index is 0.0122. The summed E-state index contributed by atoms with van der Waals surface area (Å²) in [5, 5.41) is 0. The standard InChI is InChI=1S/C58H114N2O5/c1-8-13-18-27-38-48-56(61)60(52-41-51-59(6)7)53(42-32-28-23-25-30-39-49-57(62)64-54(44-34-19-14-9-2)45-35-20-15-10-3)43-33-29-24-26-31-40-50-58(63)65-55(46-36-21-16-11-4)47-37-22-17-12-5/h53-55H,8-52H2,1-7H3. The van der Waals surface area contributed by atoms with E-state index in [1.54, 1.807) is 0 Å². The number of nitrogens with zero attached hydrogens (tertiary/aromatic N) is 2. The number of carbonyl (C=O) groups is 3. The van der Waals surface area contributed by atoms with Gasteiger partial charge >= 0.3 is 11.9 Å². The highest BCUT2D eigenvalue weighted by molar-refractivity contribution is 5.76. The molecule has 0 bridgehead atoms. The lowest BCUT2D eigenvalue weighted by Gasteiger charge is -2.33. The van der Waals surface area contributed by atoms with Gasteiger partial charge in [-0.25, -0.2) is 0 Å². The molecule has 0 aromatic heterocycles. The van der Waals surface area contributed by atoms with Crippen LogP contribution in [0.5, 0.6) is 0 Å². The summed E-state index contributed by atoms with van der Waals surface area (Å²) in [6.45, 7) is 13.1. The van der Waals surface area contributed by atoms with E-state index >= 15 is 0 Å². The van der Waals surface area contributed by atoms with Crippen molar-refractivity contribution in [3.63, 3.8) is 0 Å². The van der Waals surface area contributed by atoms with Gasteiger partial charge in [0.2, 0.25) is 5.91 Å². The third-order valence-corrected chi connectivity index (χ3v) is 13.7. The van der Waals surface area contributed by atoms with Crippen LogP contribution in [0.1, 0.15) is 311 Å². The minimum atomic E-state index is 0.0122. The van der Waals surface area contributed by atoms with Gasteiger partial charge in [-0.05, 0) is 111 Å². The molecule has 0 saturated heterocycles. The second-order valence-electron chi connectivity index (χ2n) is 20.5. The van der Waals surface area contributed by atoms with Crippen LogP contribution in [0.25, 0.3) is 0 Å².